The van der Waals surface area contributed by atoms with E-state index in [1.807, 2.05) is 53.1 Å². The molecule has 0 atom stereocenters. The lowest BCUT2D eigenvalue weighted by atomic mass is 9.86. The van der Waals surface area contributed by atoms with Gasteiger partial charge in [-0.3, -0.25) is 18.7 Å². The Morgan fingerprint density at radius 2 is 1.88 bits per heavy atom. The maximum absolute atomic E-state index is 9.56. The average molecular weight is 450 g/mol. The fourth-order valence-corrected chi connectivity index (χ4v) is 4.75. The van der Waals surface area contributed by atoms with E-state index in [0.717, 1.165) is 47.9 Å². The van der Waals surface area contributed by atoms with Crippen LogP contribution in [0.5, 0.6) is 0 Å². The maximum atomic E-state index is 9.56. The summed E-state index contributed by atoms with van der Waals surface area (Å²) in [6.07, 6.45) is 11.6. The molecule has 0 amide bonds. The summed E-state index contributed by atoms with van der Waals surface area (Å²) in [7, 11) is 1.89. The van der Waals surface area contributed by atoms with Crippen LogP contribution in [0, 0.1) is 11.3 Å². The van der Waals surface area contributed by atoms with Crippen LogP contribution < -0.4 is 0 Å². The average Bonchev–Trinajstić information content (AvgIpc) is 3.58. The zero-order valence-electron chi connectivity index (χ0n) is 18.8. The molecule has 1 aromatic carbocycles. The lowest BCUT2D eigenvalue weighted by Crippen LogP contribution is -2.62. The number of likely N-dealkylation sites (tertiary alicyclic amines) is 1. The molecule has 1 fully saturated rings. The van der Waals surface area contributed by atoms with Crippen molar-refractivity contribution in [3.63, 3.8) is 0 Å². The number of fused-ring (bicyclic) bond motifs is 1. The van der Waals surface area contributed by atoms with Gasteiger partial charge in [-0.2, -0.15) is 15.5 Å². The highest BCUT2D eigenvalue weighted by molar-refractivity contribution is 5.68. The van der Waals surface area contributed by atoms with E-state index in [1.165, 1.54) is 5.56 Å². The number of rotatable bonds is 6. The largest absolute Gasteiger partial charge is 0.294 e. The molecule has 1 aliphatic heterocycles. The van der Waals surface area contributed by atoms with Crippen molar-refractivity contribution >= 4 is 5.65 Å². The summed E-state index contributed by atoms with van der Waals surface area (Å²) in [5.74, 6) is 0.757. The number of hydrogen-bond acceptors (Lipinski definition) is 6. The van der Waals surface area contributed by atoms with Gasteiger partial charge >= 0.3 is 0 Å². The topological polar surface area (TPSA) is 92.9 Å². The first-order chi connectivity index (χ1) is 16.6. The number of aryl methyl sites for hydroxylation is 1. The number of hydrogen-bond donors (Lipinski definition) is 0. The van der Waals surface area contributed by atoms with E-state index in [2.05, 4.69) is 45.3 Å². The molecule has 0 N–H and O–H groups in total. The minimum absolute atomic E-state index is 0.337. The summed E-state index contributed by atoms with van der Waals surface area (Å²) < 4.78 is 5.67. The summed E-state index contributed by atoms with van der Waals surface area (Å²) in [6, 6.07) is 14.7. The molecule has 0 saturated carbocycles. The minimum atomic E-state index is -0.337. The maximum Gasteiger partial charge on any atom is 0.149 e. The SMILES string of the molecule is Cn1cc(-c2cc3nccn3c(-c3cnn(C4(CC#N)CN(Cc5ccccc5)C4)c3)n2)cn1. The van der Waals surface area contributed by atoms with Crippen molar-refractivity contribution in [2.45, 2.75) is 18.5 Å². The number of aromatic nitrogens is 7. The number of nitrogens with zero attached hydrogens (tertiary/aromatic N) is 9. The standard InChI is InChI=1S/C25H23N9/c1-31-15-20(12-28-31)22-11-23-27-9-10-33(23)24(30-22)21-13-29-34(16-21)25(7-8-26)17-32(18-25)14-19-5-3-2-4-6-19/h2-6,9-13,15-16H,7,14,17-18H2,1H3. The van der Waals surface area contributed by atoms with Crippen molar-refractivity contribution in [2.24, 2.45) is 7.05 Å². The Morgan fingerprint density at radius 1 is 1.06 bits per heavy atom. The molecule has 9 heteroatoms. The molecule has 4 aromatic heterocycles. The first-order valence-corrected chi connectivity index (χ1v) is 11.2. The zero-order chi connectivity index (χ0) is 23.1. The Hall–Kier alpha value is -4.29. The van der Waals surface area contributed by atoms with E-state index in [9.17, 15) is 5.26 Å². The van der Waals surface area contributed by atoms with E-state index in [4.69, 9.17) is 10.1 Å². The van der Waals surface area contributed by atoms with Gasteiger partial charge in [0.25, 0.3) is 0 Å². The highest BCUT2D eigenvalue weighted by Gasteiger charge is 2.45. The normalized spacial score (nSPS) is 15.3. The van der Waals surface area contributed by atoms with E-state index in [-0.39, 0.29) is 5.54 Å². The monoisotopic (exact) mass is 449 g/mol. The molecule has 0 bridgehead atoms. The molecule has 0 aliphatic carbocycles. The summed E-state index contributed by atoms with van der Waals surface area (Å²) in [4.78, 5) is 11.8. The summed E-state index contributed by atoms with van der Waals surface area (Å²) in [5, 5.41) is 18.5. The molecule has 0 radical (unpaired) electrons. The molecule has 0 unspecified atom stereocenters. The molecule has 168 valence electrons. The summed E-state index contributed by atoms with van der Waals surface area (Å²) in [6.45, 7) is 2.42. The Morgan fingerprint density at radius 3 is 2.65 bits per heavy atom. The van der Waals surface area contributed by atoms with Crippen molar-refractivity contribution in [1.82, 2.24) is 38.8 Å². The van der Waals surface area contributed by atoms with Gasteiger partial charge in [-0.25, -0.2) is 9.97 Å². The number of benzene rings is 1. The molecular weight excluding hydrogens is 426 g/mol. The Balaban J connectivity index is 1.32. The van der Waals surface area contributed by atoms with Crippen LogP contribution in [0.1, 0.15) is 12.0 Å². The molecule has 5 aromatic rings. The Kier molecular flexibility index (Phi) is 4.74. The van der Waals surface area contributed by atoms with Gasteiger partial charge < -0.3 is 0 Å². The Labute approximate surface area is 196 Å². The van der Waals surface area contributed by atoms with Crippen LogP contribution in [0.25, 0.3) is 28.3 Å². The third-order valence-corrected chi connectivity index (χ3v) is 6.41. The van der Waals surface area contributed by atoms with Crippen LogP contribution >= 0.6 is 0 Å². The fourth-order valence-electron chi connectivity index (χ4n) is 4.75. The van der Waals surface area contributed by atoms with Crippen LogP contribution in [0.2, 0.25) is 0 Å². The fraction of sp³-hybridized carbons (Fsp3) is 0.240. The van der Waals surface area contributed by atoms with Crippen molar-refractivity contribution in [3.05, 3.63) is 79.1 Å². The molecule has 1 aliphatic rings. The Bertz CT molecular complexity index is 1500. The third kappa shape index (κ3) is 3.45. The van der Waals surface area contributed by atoms with Crippen LogP contribution in [-0.2, 0) is 19.1 Å². The van der Waals surface area contributed by atoms with Gasteiger partial charge in [0.15, 0.2) is 0 Å². The smallest absolute Gasteiger partial charge is 0.149 e. The second-order valence-corrected chi connectivity index (χ2v) is 8.89. The van der Waals surface area contributed by atoms with Gasteiger partial charge in [0.05, 0.1) is 36.1 Å². The lowest BCUT2D eigenvalue weighted by Gasteiger charge is -2.49. The molecule has 9 nitrogen and oxygen atoms in total. The highest BCUT2D eigenvalue weighted by atomic mass is 15.4. The van der Waals surface area contributed by atoms with Crippen molar-refractivity contribution < 1.29 is 0 Å². The molecule has 34 heavy (non-hydrogen) atoms. The molecule has 1 saturated heterocycles. The lowest BCUT2D eigenvalue weighted by molar-refractivity contribution is -0.000893. The van der Waals surface area contributed by atoms with E-state index >= 15 is 0 Å². The predicted molar refractivity (Wildman–Crippen MR) is 126 cm³/mol. The number of imidazole rings is 1. The quantitative estimate of drug-likeness (QED) is 0.395. The summed E-state index contributed by atoms with van der Waals surface area (Å²) in [5.41, 5.74) is 4.36. The van der Waals surface area contributed by atoms with E-state index in [0.29, 0.717) is 6.42 Å². The van der Waals surface area contributed by atoms with Crippen LogP contribution in [0.4, 0.5) is 0 Å². The van der Waals surface area contributed by atoms with Gasteiger partial charge in [0.1, 0.15) is 17.0 Å². The molecule has 5 heterocycles. The van der Waals surface area contributed by atoms with Crippen LogP contribution in [-0.4, -0.2) is 51.9 Å². The zero-order valence-corrected chi connectivity index (χ0v) is 18.8. The highest BCUT2D eigenvalue weighted by Crippen LogP contribution is 2.34. The van der Waals surface area contributed by atoms with Gasteiger partial charge in [0.2, 0.25) is 0 Å². The minimum Gasteiger partial charge on any atom is -0.294 e. The van der Waals surface area contributed by atoms with E-state index < -0.39 is 0 Å². The second kappa shape index (κ2) is 7.93. The van der Waals surface area contributed by atoms with Crippen molar-refractivity contribution in [2.75, 3.05) is 13.1 Å². The first kappa shape index (κ1) is 20.3. The van der Waals surface area contributed by atoms with Crippen LogP contribution in [0.3, 0.4) is 0 Å². The molecule has 0 spiro atoms. The predicted octanol–water partition coefficient (Wildman–Crippen LogP) is 3.12. The van der Waals surface area contributed by atoms with Gasteiger partial charge in [-0.05, 0) is 5.56 Å². The first-order valence-electron chi connectivity index (χ1n) is 11.2. The van der Waals surface area contributed by atoms with Gasteiger partial charge in [0, 0.05) is 63.1 Å². The van der Waals surface area contributed by atoms with Gasteiger partial charge in [-0.15, -0.1) is 0 Å². The van der Waals surface area contributed by atoms with Gasteiger partial charge in [-0.1, -0.05) is 30.3 Å². The van der Waals surface area contributed by atoms with Crippen molar-refractivity contribution in [3.8, 4) is 28.7 Å². The second-order valence-electron chi connectivity index (χ2n) is 8.89. The summed E-state index contributed by atoms with van der Waals surface area (Å²) >= 11 is 0. The molecular formula is C25H23N9. The molecule has 6 rings (SSSR count). The van der Waals surface area contributed by atoms with E-state index in [1.54, 1.807) is 17.1 Å². The van der Waals surface area contributed by atoms with Crippen molar-refractivity contribution in [1.29, 1.82) is 5.26 Å². The third-order valence-electron chi connectivity index (χ3n) is 6.41. The number of nitriles is 1. The van der Waals surface area contributed by atoms with Crippen LogP contribution in [0.15, 0.2) is 73.6 Å².